The van der Waals surface area contributed by atoms with Crippen molar-refractivity contribution in [3.63, 3.8) is 0 Å². The molecule has 56 heavy (non-hydrogen) atoms. The lowest BCUT2D eigenvalue weighted by molar-refractivity contribution is -0.140. The Labute approximate surface area is 333 Å². The van der Waals surface area contributed by atoms with Crippen LogP contribution in [-0.4, -0.2) is 133 Å². The largest absolute Gasteiger partial charge is 0.481 e. The number of anilines is 1. The predicted octanol–water partition coefficient (Wildman–Crippen LogP) is -0.335. The second-order valence-corrected chi connectivity index (χ2v) is 13.6. The van der Waals surface area contributed by atoms with E-state index in [1.54, 1.807) is 0 Å². The Morgan fingerprint density at radius 1 is 0.696 bits per heavy atom. The number of unbranched alkanes of at least 4 members (excludes halogenated alkanes) is 3. The summed E-state index contributed by atoms with van der Waals surface area (Å²) >= 11 is 5.42. The Kier molecular flexibility index (Phi) is 27.0. The third-order valence-electron chi connectivity index (χ3n) is 8.24. The van der Waals surface area contributed by atoms with Gasteiger partial charge in [-0.2, -0.15) is 0 Å². The molecule has 0 radical (unpaired) electrons. The van der Waals surface area contributed by atoms with E-state index in [1.165, 1.54) is 5.56 Å². The number of hydrogen-bond acceptors (Lipinski definition) is 11. The average molecular weight is 811 g/mol. The van der Waals surface area contributed by atoms with Crippen molar-refractivity contribution < 1.29 is 44.1 Å². The van der Waals surface area contributed by atoms with Crippen molar-refractivity contribution in [1.29, 1.82) is 0 Å². The molecule has 0 aromatic heterocycles. The third-order valence-corrected chi connectivity index (χ3v) is 8.48. The summed E-state index contributed by atoms with van der Waals surface area (Å²) in [5.41, 5.74) is 7.55. The zero-order chi connectivity index (χ0) is 41.6. The highest BCUT2D eigenvalue weighted by Crippen LogP contribution is 2.11. The van der Waals surface area contributed by atoms with E-state index in [1.807, 2.05) is 17.4 Å². The molecule has 0 aliphatic rings. The molecular formula is C36H62N10O9S. The van der Waals surface area contributed by atoms with Crippen molar-refractivity contribution in [2.24, 2.45) is 5.73 Å². The third kappa shape index (κ3) is 26.2. The number of benzene rings is 1. The Balaban J connectivity index is 2.30. The SMILES string of the molecule is C[C@@H](Cc1ccc(NC(=S)NCCCCCC(=O)N[C@@H](CCC(=O)O)C(=O)NCCCC[C@H](NC(=O)NCC(=O)O)C(=O)O)cc1)NCCNCCNCCN. The van der Waals surface area contributed by atoms with Gasteiger partial charge in [0, 0.05) is 76.9 Å². The number of hydrogen-bond donors (Lipinski definition) is 13. The van der Waals surface area contributed by atoms with E-state index in [4.69, 9.17) is 28.2 Å². The highest BCUT2D eigenvalue weighted by atomic mass is 32.1. The van der Waals surface area contributed by atoms with Gasteiger partial charge in [0.1, 0.15) is 18.6 Å². The van der Waals surface area contributed by atoms with Crippen molar-refractivity contribution in [2.45, 2.75) is 89.3 Å². The molecule has 0 unspecified atom stereocenters. The summed E-state index contributed by atoms with van der Waals surface area (Å²) in [6, 6.07) is 5.19. The van der Waals surface area contributed by atoms with Crippen LogP contribution in [-0.2, 0) is 30.4 Å². The maximum atomic E-state index is 12.8. The van der Waals surface area contributed by atoms with Gasteiger partial charge in [-0.3, -0.25) is 19.2 Å². The first-order valence-electron chi connectivity index (χ1n) is 19.1. The van der Waals surface area contributed by atoms with Crippen LogP contribution in [0.2, 0.25) is 0 Å². The molecule has 0 saturated carbocycles. The number of carbonyl (C=O) groups excluding carboxylic acids is 3. The average Bonchev–Trinajstić information content (AvgIpc) is 3.14. The Hall–Kier alpha value is -4.63. The number of rotatable bonds is 32. The first-order chi connectivity index (χ1) is 26.8. The van der Waals surface area contributed by atoms with Crippen LogP contribution in [0.15, 0.2) is 24.3 Å². The van der Waals surface area contributed by atoms with Crippen LogP contribution in [0, 0.1) is 0 Å². The van der Waals surface area contributed by atoms with Gasteiger partial charge in [0.2, 0.25) is 11.8 Å². The molecule has 0 aliphatic heterocycles. The minimum absolute atomic E-state index is 0.0172. The highest BCUT2D eigenvalue weighted by molar-refractivity contribution is 7.80. The number of carbonyl (C=O) groups is 6. The molecule has 0 saturated heterocycles. The normalized spacial score (nSPS) is 12.4. The van der Waals surface area contributed by atoms with Gasteiger partial charge in [0.15, 0.2) is 5.11 Å². The van der Waals surface area contributed by atoms with Gasteiger partial charge >= 0.3 is 23.9 Å². The lowest BCUT2D eigenvalue weighted by atomic mass is 10.1. The van der Waals surface area contributed by atoms with E-state index < -0.39 is 48.5 Å². The lowest BCUT2D eigenvalue weighted by Gasteiger charge is -2.18. The number of aliphatic carboxylic acids is 3. The van der Waals surface area contributed by atoms with Gasteiger partial charge in [0.05, 0.1) is 0 Å². The zero-order valence-electron chi connectivity index (χ0n) is 32.3. The molecule has 0 aliphatic carbocycles. The molecule has 0 heterocycles. The maximum absolute atomic E-state index is 12.8. The summed E-state index contributed by atoms with van der Waals surface area (Å²) in [4.78, 5) is 70.2. The summed E-state index contributed by atoms with van der Waals surface area (Å²) < 4.78 is 0. The van der Waals surface area contributed by atoms with Gasteiger partial charge in [-0.25, -0.2) is 9.59 Å². The van der Waals surface area contributed by atoms with Crippen LogP contribution >= 0.6 is 12.2 Å². The Bertz CT molecular complexity index is 1360. The smallest absolute Gasteiger partial charge is 0.326 e. The number of urea groups is 1. The molecular weight excluding hydrogens is 749 g/mol. The maximum Gasteiger partial charge on any atom is 0.326 e. The van der Waals surface area contributed by atoms with Crippen molar-refractivity contribution in [3.05, 3.63) is 29.8 Å². The van der Waals surface area contributed by atoms with Crippen LogP contribution in [0.4, 0.5) is 10.5 Å². The van der Waals surface area contributed by atoms with Crippen molar-refractivity contribution >= 4 is 58.8 Å². The zero-order valence-corrected chi connectivity index (χ0v) is 33.1. The van der Waals surface area contributed by atoms with Crippen molar-refractivity contribution in [2.75, 3.05) is 64.2 Å². The second-order valence-electron chi connectivity index (χ2n) is 13.2. The molecule has 0 spiro atoms. The summed E-state index contributed by atoms with van der Waals surface area (Å²) in [7, 11) is 0. The Morgan fingerprint density at radius 3 is 2.02 bits per heavy atom. The number of carboxylic acid groups (broad SMARTS) is 3. The molecule has 19 nitrogen and oxygen atoms in total. The molecule has 1 aromatic rings. The van der Waals surface area contributed by atoms with Crippen LogP contribution in [0.1, 0.15) is 70.3 Å². The number of thiocarbonyl (C=S) groups is 1. The molecule has 1 rings (SSSR count). The molecule has 3 atom stereocenters. The first-order valence-corrected chi connectivity index (χ1v) is 19.5. The van der Waals surface area contributed by atoms with E-state index in [9.17, 15) is 33.9 Å². The fourth-order valence-corrected chi connectivity index (χ4v) is 5.50. The van der Waals surface area contributed by atoms with Gasteiger partial charge in [-0.15, -0.1) is 0 Å². The van der Waals surface area contributed by atoms with E-state index in [0.717, 1.165) is 51.3 Å². The lowest BCUT2D eigenvalue weighted by Crippen LogP contribution is -2.47. The summed E-state index contributed by atoms with van der Waals surface area (Å²) in [5.74, 6) is -4.65. The quantitative estimate of drug-likeness (QED) is 0.0327. The van der Waals surface area contributed by atoms with Gasteiger partial charge in [-0.05, 0) is 81.8 Å². The molecule has 0 bridgehead atoms. The number of nitrogens with one attached hydrogen (secondary N) is 9. The number of carboxylic acids is 3. The molecule has 4 amide bonds. The number of amides is 4. The molecule has 316 valence electrons. The van der Waals surface area contributed by atoms with E-state index >= 15 is 0 Å². The minimum Gasteiger partial charge on any atom is -0.481 e. The summed E-state index contributed by atoms with van der Waals surface area (Å²) in [5, 5.41) is 53.5. The van der Waals surface area contributed by atoms with Crippen molar-refractivity contribution in [1.82, 2.24) is 42.5 Å². The van der Waals surface area contributed by atoms with Crippen LogP contribution in [0.3, 0.4) is 0 Å². The Morgan fingerprint density at radius 2 is 1.36 bits per heavy atom. The van der Waals surface area contributed by atoms with Gasteiger partial charge in [-0.1, -0.05) is 18.6 Å². The van der Waals surface area contributed by atoms with Gasteiger partial charge in [0.25, 0.3) is 0 Å². The van der Waals surface area contributed by atoms with Crippen LogP contribution in [0.25, 0.3) is 0 Å². The fourth-order valence-electron chi connectivity index (χ4n) is 5.28. The summed E-state index contributed by atoms with van der Waals surface area (Å²) in [6.45, 7) is 7.27. The standard InChI is InChI=1S/C36H62N10O9S/c1-25(40-22-21-39-20-19-38-18-15-37)23-26-9-11-27(12-10-26)44-36(56)42-17-5-2-3-8-30(47)45-28(13-14-31(48)49)33(52)41-16-6-4-7-29(34(53)54)46-35(55)43-24-32(50)51/h9-12,25,28-29,38-40H,2-8,13-24,37H2,1H3,(H,41,52)(H,45,47)(H,48,49)(H,50,51)(H,53,54)(H2,42,44,56)(H2,43,46,55)/t25-,28-,29-/m0/s1. The second kappa shape index (κ2) is 30.6. The molecule has 14 N–H and O–H groups in total. The van der Waals surface area contributed by atoms with E-state index in [-0.39, 0.29) is 44.6 Å². The van der Waals surface area contributed by atoms with E-state index in [0.29, 0.717) is 43.5 Å². The van der Waals surface area contributed by atoms with Crippen LogP contribution < -0.4 is 53.6 Å². The highest BCUT2D eigenvalue weighted by Gasteiger charge is 2.22. The first kappa shape index (κ1) is 49.4. The van der Waals surface area contributed by atoms with Crippen LogP contribution in [0.5, 0.6) is 0 Å². The predicted molar refractivity (Wildman–Crippen MR) is 216 cm³/mol. The topological polar surface area (TPSA) is 297 Å². The minimum atomic E-state index is -1.30. The van der Waals surface area contributed by atoms with E-state index in [2.05, 4.69) is 61.6 Å². The summed E-state index contributed by atoms with van der Waals surface area (Å²) in [6.07, 6.45) is 3.25. The fraction of sp³-hybridized carbons (Fsp3) is 0.639. The number of nitrogens with two attached hydrogens (primary N) is 1. The molecule has 0 fully saturated rings. The van der Waals surface area contributed by atoms with Crippen molar-refractivity contribution in [3.8, 4) is 0 Å². The van der Waals surface area contributed by atoms with Gasteiger partial charge < -0.3 is 68.9 Å². The molecule has 20 heteroatoms. The molecule has 1 aromatic carbocycles. The monoisotopic (exact) mass is 810 g/mol.